The third-order valence-electron chi connectivity index (χ3n) is 4.96. The number of hydrogen-bond acceptors (Lipinski definition) is 3. The Labute approximate surface area is 156 Å². The van der Waals surface area contributed by atoms with Gasteiger partial charge in [-0.05, 0) is 62.5 Å². The fourth-order valence-electron chi connectivity index (χ4n) is 3.45. The molecule has 1 atom stereocenters. The predicted octanol–water partition coefficient (Wildman–Crippen LogP) is 3.64. The van der Waals surface area contributed by atoms with Crippen LogP contribution in [0.4, 0.5) is 0 Å². The lowest BCUT2D eigenvalue weighted by Gasteiger charge is -2.28. The number of benzene rings is 2. The summed E-state index contributed by atoms with van der Waals surface area (Å²) in [4.78, 5) is 14.8. The van der Waals surface area contributed by atoms with E-state index < -0.39 is 0 Å². The van der Waals surface area contributed by atoms with E-state index in [-0.39, 0.29) is 18.6 Å². The Morgan fingerprint density at radius 3 is 2.58 bits per heavy atom. The second-order valence-electron chi connectivity index (χ2n) is 7.03. The number of carbonyl (C=O) groups excluding carboxylic acids is 1. The molecule has 0 aliphatic carbocycles. The van der Waals surface area contributed by atoms with E-state index in [1.165, 1.54) is 18.4 Å². The fourth-order valence-corrected chi connectivity index (χ4v) is 3.45. The van der Waals surface area contributed by atoms with Gasteiger partial charge in [-0.25, -0.2) is 0 Å². The Morgan fingerprint density at radius 1 is 1.12 bits per heavy atom. The van der Waals surface area contributed by atoms with E-state index in [0.717, 1.165) is 30.0 Å². The van der Waals surface area contributed by atoms with Gasteiger partial charge in [0.25, 0.3) is 5.91 Å². The van der Waals surface area contributed by atoms with Crippen molar-refractivity contribution in [2.45, 2.75) is 32.7 Å². The van der Waals surface area contributed by atoms with E-state index in [0.29, 0.717) is 6.54 Å². The normalized spacial score (nSPS) is 15.6. The molecule has 4 nitrogen and oxygen atoms in total. The van der Waals surface area contributed by atoms with Crippen molar-refractivity contribution in [2.24, 2.45) is 0 Å². The lowest BCUT2D eigenvalue weighted by molar-refractivity contribution is -0.123. The van der Waals surface area contributed by atoms with Gasteiger partial charge in [0.2, 0.25) is 0 Å². The molecule has 26 heavy (non-hydrogen) atoms. The second kappa shape index (κ2) is 8.86. The first-order chi connectivity index (χ1) is 12.6. The predicted molar refractivity (Wildman–Crippen MR) is 104 cm³/mol. The van der Waals surface area contributed by atoms with Crippen molar-refractivity contribution >= 4 is 5.91 Å². The van der Waals surface area contributed by atoms with Crippen LogP contribution < -0.4 is 10.1 Å². The number of ether oxygens (including phenoxy) is 1. The first-order valence-corrected chi connectivity index (χ1v) is 9.39. The minimum Gasteiger partial charge on any atom is -0.483 e. The van der Waals surface area contributed by atoms with Gasteiger partial charge >= 0.3 is 0 Å². The largest absolute Gasteiger partial charge is 0.483 e. The summed E-state index contributed by atoms with van der Waals surface area (Å²) in [5.74, 6) is 0.699. The number of rotatable bonds is 7. The number of hydrogen-bond donors (Lipinski definition) is 1. The summed E-state index contributed by atoms with van der Waals surface area (Å²) in [5.41, 5.74) is 3.43. The Hall–Kier alpha value is -2.33. The highest BCUT2D eigenvalue weighted by molar-refractivity contribution is 5.77. The highest BCUT2D eigenvalue weighted by Crippen LogP contribution is 2.24. The van der Waals surface area contributed by atoms with Crippen LogP contribution in [0.3, 0.4) is 0 Å². The summed E-state index contributed by atoms with van der Waals surface area (Å²) in [6, 6.07) is 16.7. The van der Waals surface area contributed by atoms with Gasteiger partial charge in [-0.3, -0.25) is 9.69 Å². The molecule has 1 aliphatic rings. The molecule has 2 aromatic carbocycles. The lowest BCUT2D eigenvalue weighted by atomic mass is 10.1. The van der Waals surface area contributed by atoms with Gasteiger partial charge in [0.1, 0.15) is 5.75 Å². The van der Waals surface area contributed by atoms with Crippen molar-refractivity contribution in [3.05, 3.63) is 65.2 Å². The number of nitrogens with zero attached hydrogens (tertiary/aromatic N) is 1. The zero-order valence-electron chi connectivity index (χ0n) is 15.7. The maximum atomic E-state index is 12.3. The lowest BCUT2D eigenvalue weighted by Crippen LogP contribution is -2.38. The van der Waals surface area contributed by atoms with Crippen LogP contribution in [0.1, 0.15) is 35.6 Å². The summed E-state index contributed by atoms with van der Waals surface area (Å²) in [5, 5.41) is 3.06. The molecule has 0 radical (unpaired) electrons. The summed E-state index contributed by atoms with van der Waals surface area (Å²) < 4.78 is 5.72. The summed E-state index contributed by atoms with van der Waals surface area (Å²) >= 11 is 0. The summed E-state index contributed by atoms with van der Waals surface area (Å²) in [6.45, 7) is 6.85. The van der Waals surface area contributed by atoms with Crippen molar-refractivity contribution in [3.63, 3.8) is 0 Å². The van der Waals surface area contributed by atoms with Crippen molar-refractivity contribution in [3.8, 4) is 5.75 Å². The van der Waals surface area contributed by atoms with Crippen LogP contribution in [0.2, 0.25) is 0 Å². The molecule has 3 rings (SSSR count). The maximum absolute atomic E-state index is 12.3. The van der Waals surface area contributed by atoms with Crippen LogP contribution in [-0.2, 0) is 4.79 Å². The minimum atomic E-state index is -0.0777. The van der Waals surface area contributed by atoms with Gasteiger partial charge in [-0.1, -0.05) is 42.5 Å². The van der Waals surface area contributed by atoms with Crippen molar-refractivity contribution < 1.29 is 9.53 Å². The number of likely N-dealkylation sites (tertiary alicyclic amines) is 1. The first-order valence-electron chi connectivity index (χ1n) is 9.39. The molecule has 1 N–H and O–H groups in total. The average Bonchev–Trinajstić information content (AvgIpc) is 3.18. The van der Waals surface area contributed by atoms with E-state index in [4.69, 9.17) is 4.74 Å². The zero-order valence-corrected chi connectivity index (χ0v) is 15.7. The van der Waals surface area contributed by atoms with Gasteiger partial charge in [-0.15, -0.1) is 0 Å². The monoisotopic (exact) mass is 352 g/mol. The van der Waals surface area contributed by atoms with Crippen LogP contribution in [0.5, 0.6) is 5.75 Å². The molecule has 1 heterocycles. The van der Waals surface area contributed by atoms with Crippen LogP contribution in [0, 0.1) is 13.8 Å². The van der Waals surface area contributed by atoms with E-state index in [1.54, 1.807) is 0 Å². The van der Waals surface area contributed by atoms with Crippen molar-refractivity contribution in [1.29, 1.82) is 0 Å². The van der Waals surface area contributed by atoms with E-state index in [9.17, 15) is 4.79 Å². The molecule has 1 unspecified atom stereocenters. The van der Waals surface area contributed by atoms with Crippen molar-refractivity contribution in [2.75, 3.05) is 26.2 Å². The Morgan fingerprint density at radius 2 is 1.85 bits per heavy atom. The molecule has 0 bridgehead atoms. The molecule has 1 saturated heterocycles. The first kappa shape index (κ1) is 18.5. The number of nitrogens with one attached hydrogen (secondary N) is 1. The van der Waals surface area contributed by atoms with Crippen LogP contribution in [0.25, 0.3) is 0 Å². The molecule has 0 saturated carbocycles. The molecule has 2 aromatic rings. The van der Waals surface area contributed by atoms with Crippen LogP contribution in [-0.4, -0.2) is 37.0 Å². The Balaban J connectivity index is 1.56. The maximum Gasteiger partial charge on any atom is 0.258 e. The molecule has 0 spiro atoms. The number of amides is 1. The van der Waals surface area contributed by atoms with E-state index in [1.807, 2.05) is 38.1 Å². The standard InChI is InChI=1S/C22H28N2O2/c1-17-10-11-18(2)21(14-17)26-16-22(25)23-15-20(24-12-6-7-13-24)19-8-4-3-5-9-19/h3-5,8-11,14,20H,6-7,12-13,15-16H2,1-2H3,(H,23,25). The molecule has 4 heteroatoms. The number of carbonyl (C=O) groups is 1. The van der Waals surface area contributed by atoms with Gasteiger partial charge in [0, 0.05) is 6.54 Å². The highest BCUT2D eigenvalue weighted by Gasteiger charge is 2.23. The smallest absolute Gasteiger partial charge is 0.258 e. The average molecular weight is 352 g/mol. The summed E-state index contributed by atoms with van der Waals surface area (Å²) in [6.07, 6.45) is 2.46. The molecular formula is C22H28N2O2. The molecule has 1 amide bonds. The fraction of sp³-hybridized carbons (Fsp3) is 0.409. The van der Waals surface area contributed by atoms with Gasteiger partial charge in [-0.2, -0.15) is 0 Å². The Bertz CT molecular complexity index is 724. The minimum absolute atomic E-state index is 0.0474. The molecule has 1 aliphatic heterocycles. The molecular weight excluding hydrogens is 324 g/mol. The summed E-state index contributed by atoms with van der Waals surface area (Å²) in [7, 11) is 0. The van der Waals surface area contributed by atoms with E-state index >= 15 is 0 Å². The SMILES string of the molecule is Cc1ccc(C)c(OCC(=O)NCC(c2ccccc2)N2CCCC2)c1. The van der Waals surface area contributed by atoms with E-state index in [2.05, 4.69) is 34.5 Å². The zero-order chi connectivity index (χ0) is 18.4. The molecule has 0 aromatic heterocycles. The quantitative estimate of drug-likeness (QED) is 0.827. The molecule has 1 fully saturated rings. The number of aryl methyl sites for hydroxylation is 2. The van der Waals surface area contributed by atoms with Gasteiger partial charge in [0.05, 0.1) is 6.04 Å². The van der Waals surface area contributed by atoms with Crippen LogP contribution >= 0.6 is 0 Å². The van der Waals surface area contributed by atoms with Crippen molar-refractivity contribution in [1.82, 2.24) is 10.2 Å². The topological polar surface area (TPSA) is 41.6 Å². The molecule has 138 valence electrons. The van der Waals surface area contributed by atoms with Gasteiger partial charge in [0.15, 0.2) is 6.61 Å². The van der Waals surface area contributed by atoms with Crippen LogP contribution in [0.15, 0.2) is 48.5 Å². The third-order valence-corrected chi connectivity index (χ3v) is 4.96. The Kier molecular flexibility index (Phi) is 6.29. The second-order valence-corrected chi connectivity index (χ2v) is 7.03. The highest BCUT2D eigenvalue weighted by atomic mass is 16.5. The van der Waals surface area contributed by atoms with Gasteiger partial charge < -0.3 is 10.1 Å². The third kappa shape index (κ3) is 4.85.